The molecule has 0 radical (unpaired) electrons. The third-order valence-electron chi connectivity index (χ3n) is 3.97. The summed E-state index contributed by atoms with van der Waals surface area (Å²) in [6, 6.07) is 23.4. The van der Waals surface area contributed by atoms with Gasteiger partial charge in [-0.3, -0.25) is 4.57 Å². The molecule has 0 spiro atoms. The van der Waals surface area contributed by atoms with Crippen LogP contribution in [0.3, 0.4) is 0 Å². The van der Waals surface area contributed by atoms with Gasteiger partial charge in [0.05, 0.1) is 10.6 Å². The molecule has 1 unspecified atom stereocenters. The Balaban J connectivity index is 2.02. The van der Waals surface area contributed by atoms with E-state index in [0.717, 1.165) is 27.3 Å². The largest absolute Gasteiger partial charge is 0.436 e. The van der Waals surface area contributed by atoms with E-state index in [9.17, 15) is 4.57 Å². The zero-order valence-corrected chi connectivity index (χ0v) is 13.1. The molecule has 0 N–H and O–H groups in total. The van der Waals surface area contributed by atoms with Gasteiger partial charge in [-0.05, 0) is 36.8 Å². The summed E-state index contributed by atoms with van der Waals surface area (Å²) < 4.78 is 19.8. The predicted molar refractivity (Wildman–Crippen MR) is 90.6 cm³/mol. The van der Waals surface area contributed by atoms with Gasteiger partial charge in [-0.2, -0.15) is 0 Å². The average Bonchev–Trinajstić information content (AvgIpc) is 2.55. The lowest BCUT2D eigenvalue weighted by molar-refractivity contribution is 0.501. The minimum Gasteiger partial charge on any atom is -0.436 e. The first kappa shape index (κ1) is 13.4. The molecule has 1 atom stereocenters. The normalized spacial score (nSPS) is 19.0. The highest BCUT2D eigenvalue weighted by Gasteiger charge is 2.37. The Kier molecular flexibility index (Phi) is 2.95. The molecule has 4 rings (SSSR count). The molecule has 0 aliphatic carbocycles. The molecule has 0 aromatic heterocycles. The Morgan fingerprint density at radius 2 is 1.55 bits per heavy atom. The Labute approximate surface area is 129 Å². The van der Waals surface area contributed by atoms with Gasteiger partial charge in [-0.1, -0.05) is 54.1 Å². The SMILES string of the molecule is Cc1cccc(P2(=O)Oc3ccccc3-c3ccccc32)c1. The van der Waals surface area contributed by atoms with Gasteiger partial charge in [-0.15, -0.1) is 0 Å². The summed E-state index contributed by atoms with van der Waals surface area (Å²) in [5.41, 5.74) is 3.07. The number of para-hydroxylation sites is 1. The Hall–Kier alpha value is -2.31. The van der Waals surface area contributed by atoms with Gasteiger partial charge >= 0.3 is 7.37 Å². The number of rotatable bonds is 1. The predicted octanol–water partition coefficient (Wildman–Crippen LogP) is 4.28. The van der Waals surface area contributed by atoms with Crippen LogP contribution in [0, 0.1) is 6.92 Å². The second-order valence-electron chi connectivity index (χ2n) is 5.50. The highest BCUT2D eigenvalue weighted by atomic mass is 31.2. The van der Waals surface area contributed by atoms with Gasteiger partial charge < -0.3 is 4.52 Å². The van der Waals surface area contributed by atoms with Crippen molar-refractivity contribution in [1.29, 1.82) is 0 Å². The quantitative estimate of drug-likeness (QED) is 0.627. The van der Waals surface area contributed by atoms with Gasteiger partial charge in [0.1, 0.15) is 5.75 Å². The van der Waals surface area contributed by atoms with Gasteiger partial charge in [0.2, 0.25) is 0 Å². The van der Waals surface area contributed by atoms with Crippen molar-refractivity contribution in [2.45, 2.75) is 6.92 Å². The number of benzene rings is 3. The Morgan fingerprint density at radius 3 is 2.36 bits per heavy atom. The molecule has 108 valence electrons. The fourth-order valence-corrected chi connectivity index (χ4v) is 5.29. The maximum atomic E-state index is 13.8. The number of hydrogen-bond acceptors (Lipinski definition) is 2. The van der Waals surface area contributed by atoms with Crippen molar-refractivity contribution in [1.82, 2.24) is 0 Å². The third-order valence-corrected chi connectivity index (χ3v) is 6.40. The summed E-state index contributed by atoms with van der Waals surface area (Å²) in [5, 5.41) is 1.52. The van der Waals surface area contributed by atoms with Crippen LogP contribution in [-0.2, 0) is 4.57 Å². The summed E-state index contributed by atoms with van der Waals surface area (Å²) in [6.45, 7) is 2.00. The van der Waals surface area contributed by atoms with Crippen LogP contribution in [0.2, 0.25) is 0 Å². The summed E-state index contributed by atoms with van der Waals surface area (Å²) in [4.78, 5) is 0. The molecule has 2 nitrogen and oxygen atoms in total. The maximum Gasteiger partial charge on any atom is 0.307 e. The van der Waals surface area contributed by atoms with Crippen molar-refractivity contribution in [3.8, 4) is 16.9 Å². The molecule has 0 fully saturated rings. The highest BCUT2D eigenvalue weighted by molar-refractivity contribution is 7.75. The van der Waals surface area contributed by atoms with Crippen LogP contribution >= 0.6 is 7.37 Å². The van der Waals surface area contributed by atoms with E-state index in [1.807, 2.05) is 79.7 Å². The zero-order valence-electron chi connectivity index (χ0n) is 12.2. The lowest BCUT2D eigenvalue weighted by Crippen LogP contribution is -2.25. The molecule has 3 aromatic rings. The van der Waals surface area contributed by atoms with Crippen LogP contribution < -0.4 is 15.1 Å². The molecule has 1 aliphatic rings. The van der Waals surface area contributed by atoms with E-state index >= 15 is 0 Å². The van der Waals surface area contributed by atoms with Crippen molar-refractivity contribution in [3.63, 3.8) is 0 Å². The monoisotopic (exact) mass is 306 g/mol. The van der Waals surface area contributed by atoms with E-state index in [1.165, 1.54) is 0 Å². The first-order chi connectivity index (χ1) is 10.7. The summed E-state index contributed by atoms with van der Waals surface area (Å²) in [5.74, 6) is 0.686. The summed E-state index contributed by atoms with van der Waals surface area (Å²) in [7, 11) is -3.12. The van der Waals surface area contributed by atoms with Crippen LogP contribution in [0.1, 0.15) is 5.56 Å². The molecule has 0 bridgehead atoms. The average molecular weight is 306 g/mol. The fraction of sp³-hybridized carbons (Fsp3) is 0.0526. The second kappa shape index (κ2) is 4.86. The lowest BCUT2D eigenvalue weighted by atomic mass is 10.0. The van der Waals surface area contributed by atoms with E-state index in [1.54, 1.807) is 0 Å². The van der Waals surface area contributed by atoms with Crippen molar-refractivity contribution in [2.75, 3.05) is 0 Å². The molecule has 1 heterocycles. The minimum atomic E-state index is -3.12. The highest BCUT2D eigenvalue weighted by Crippen LogP contribution is 2.53. The van der Waals surface area contributed by atoms with Crippen LogP contribution in [0.25, 0.3) is 11.1 Å². The van der Waals surface area contributed by atoms with Gasteiger partial charge in [0.15, 0.2) is 0 Å². The molecule has 0 saturated heterocycles. The molecule has 22 heavy (non-hydrogen) atoms. The standard InChI is InChI=1S/C19H15O2P/c1-14-7-6-8-15(13-14)22(20)19-12-5-3-10-17(19)16-9-2-4-11-18(16)21-22/h2-13H,1H3. The molecular weight excluding hydrogens is 291 g/mol. The Morgan fingerprint density at radius 1 is 0.818 bits per heavy atom. The van der Waals surface area contributed by atoms with E-state index in [4.69, 9.17) is 4.52 Å². The fourth-order valence-electron chi connectivity index (χ4n) is 2.92. The van der Waals surface area contributed by atoms with Crippen molar-refractivity contribution in [3.05, 3.63) is 78.4 Å². The summed E-state index contributed by atoms with van der Waals surface area (Å²) >= 11 is 0. The first-order valence-electron chi connectivity index (χ1n) is 7.24. The number of fused-ring (bicyclic) bond motifs is 3. The van der Waals surface area contributed by atoms with Crippen LogP contribution in [0.5, 0.6) is 5.75 Å². The lowest BCUT2D eigenvalue weighted by Gasteiger charge is -2.28. The van der Waals surface area contributed by atoms with E-state index in [0.29, 0.717) is 5.75 Å². The summed E-state index contributed by atoms with van der Waals surface area (Å²) in [6.07, 6.45) is 0. The third kappa shape index (κ3) is 1.92. The second-order valence-corrected chi connectivity index (χ2v) is 7.78. The van der Waals surface area contributed by atoms with Crippen molar-refractivity contribution < 1.29 is 9.09 Å². The van der Waals surface area contributed by atoms with Crippen molar-refractivity contribution in [2.24, 2.45) is 0 Å². The maximum absolute atomic E-state index is 13.8. The van der Waals surface area contributed by atoms with Crippen LogP contribution in [0.4, 0.5) is 0 Å². The topological polar surface area (TPSA) is 26.3 Å². The molecule has 1 aliphatic heterocycles. The minimum absolute atomic E-state index is 0.686. The first-order valence-corrected chi connectivity index (χ1v) is 8.87. The Bertz CT molecular complexity index is 915. The van der Waals surface area contributed by atoms with Gasteiger partial charge in [0, 0.05) is 5.56 Å². The smallest absolute Gasteiger partial charge is 0.307 e. The number of aryl methyl sites for hydroxylation is 1. The van der Waals surface area contributed by atoms with E-state index < -0.39 is 7.37 Å². The van der Waals surface area contributed by atoms with E-state index in [2.05, 4.69) is 0 Å². The molecular formula is C19H15O2P. The van der Waals surface area contributed by atoms with Gasteiger partial charge in [-0.25, -0.2) is 0 Å². The van der Waals surface area contributed by atoms with Crippen LogP contribution in [0.15, 0.2) is 72.8 Å². The van der Waals surface area contributed by atoms with Crippen molar-refractivity contribution >= 4 is 18.0 Å². The van der Waals surface area contributed by atoms with E-state index in [-0.39, 0.29) is 0 Å². The molecule has 0 saturated carbocycles. The molecule has 0 amide bonds. The van der Waals surface area contributed by atoms with Crippen LogP contribution in [-0.4, -0.2) is 0 Å². The molecule has 3 aromatic carbocycles. The molecule has 3 heteroatoms. The zero-order chi connectivity index (χ0) is 15.2. The number of hydrogen-bond donors (Lipinski definition) is 0. The van der Waals surface area contributed by atoms with Gasteiger partial charge in [0.25, 0.3) is 0 Å².